The number of nitrogens with one attached hydrogen (secondary N) is 2. The number of hydrogen-bond donors (Lipinski definition) is 2. The maximum absolute atomic E-state index is 12.7. The lowest BCUT2D eigenvalue weighted by Gasteiger charge is -2.35. The molecule has 1 saturated heterocycles. The van der Waals surface area contributed by atoms with Crippen molar-refractivity contribution in [3.8, 4) is 0 Å². The summed E-state index contributed by atoms with van der Waals surface area (Å²) in [7, 11) is 0. The lowest BCUT2D eigenvalue weighted by Crippen LogP contribution is -2.53. The number of aryl methyl sites for hydroxylation is 1. The number of fused-ring (bicyclic) bond motifs is 2. The van der Waals surface area contributed by atoms with Crippen molar-refractivity contribution >= 4 is 17.5 Å². The Morgan fingerprint density at radius 3 is 2.55 bits per heavy atom. The van der Waals surface area contributed by atoms with E-state index in [0.717, 1.165) is 48.5 Å². The number of carbonyl (C=O) groups is 2. The largest absolute Gasteiger partial charge is 0.339 e. The zero-order valence-corrected chi connectivity index (χ0v) is 19.1. The number of anilines is 1. The van der Waals surface area contributed by atoms with Crippen molar-refractivity contribution in [1.82, 2.24) is 15.1 Å². The summed E-state index contributed by atoms with van der Waals surface area (Å²) >= 11 is 0. The number of benzene rings is 1. The van der Waals surface area contributed by atoms with Crippen molar-refractivity contribution in [2.45, 2.75) is 52.0 Å². The number of nitrogens with zero attached hydrogens (tertiary/aromatic N) is 2. The molecule has 0 aromatic heterocycles. The summed E-state index contributed by atoms with van der Waals surface area (Å²) in [5.41, 5.74) is 2.05. The van der Waals surface area contributed by atoms with Gasteiger partial charge in [-0.15, -0.1) is 0 Å². The van der Waals surface area contributed by atoms with E-state index in [9.17, 15) is 9.59 Å². The van der Waals surface area contributed by atoms with Gasteiger partial charge >= 0.3 is 0 Å². The quantitative estimate of drug-likeness (QED) is 0.671. The summed E-state index contributed by atoms with van der Waals surface area (Å²) in [6.07, 6.45) is 6.45. The molecule has 2 bridgehead atoms. The van der Waals surface area contributed by atoms with Gasteiger partial charge in [-0.05, 0) is 62.0 Å². The molecule has 1 aromatic rings. The van der Waals surface area contributed by atoms with Crippen LogP contribution in [0.25, 0.3) is 0 Å². The van der Waals surface area contributed by atoms with Crippen molar-refractivity contribution in [1.29, 1.82) is 0 Å². The fraction of sp³-hybridized carbons (Fsp3) is 0.680. The predicted octanol–water partition coefficient (Wildman–Crippen LogP) is 2.75. The molecule has 1 aliphatic heterocycles. The molecule has 4 unspecified atom stereocenters. The number of carbonyl (C=O) groups excluding carboxylic acids is 2. The van der Waals surface area contributed by atoms with Gasteiger partial charge in [0, 0.05) is 37.9 Å². The van der Waals surface area contributed by atoms with Gasteiger partial charge in [-0.3, -0.25) is 14.5 Å². The van der Waals surface area contributed by atoms with Crippen molar-refractivity contribution in [3.05, 3.63) is 29.8 Å². The van der Waals surface area contributed by atoms with Crippen LogP contribution in [-0.2, 0) is 16.0 Å². The van der Waals surface area contributed by atoms with E-state index in [1.54, 1.807) is 0 Å². The van der Waals surface area contributed by atoms with E-state index in [4.69, 9.17) is 0 Å². The number of piperazine rings is 1. The van der Waals surface area contributed by atoms with Gasteiger partial charge in [-0.25, -0.2) is 0 Å². The molecule has 2 saturated carbocycles. The third kappa shape index (κ3) is 5.47. The molecule has 4 atom stereocenters. The van der Waals surface area contributed by atoms with Crippen LogP contribution in [0.1, 0.15) is 45.1 Å². The van der Waals surface area contributed by atoms with Gasteiger partial charge in [-0.2, -0.15) is 0 Å². The highest BCUT2D eigenvalue weighted by atomic mass is 16.2. The van der Waals surface area contributed by atoms with Gasteiger partial charge in [0.25, 0.3) is 0 Å². The standard InChI is InChI=1S/C25H38N4O2/c1-3-20-6-4-5-7-23(20)27-24(30)17-28-10-12-29(13-11-28)25(31)16-26-18(2)22-15-19-8-9-21(22)14-19/h4-7,18-19,21-22,26H,3,8-17H2,1-2H3,(H,27,30). The molecule has 2 amide bonds. The Hall–Kier alpha value is -1.92. The Balaban J connectivity index is 1.16. The van der Waals surface area contributed by atoms with E-state index in [0.29, 0.717) is 32.2 Å². The van der Waals surface area contributed by atoms with Gasteiger partial charge < -0.3 is 15.5 Å². The van der Waals surface area contributed by atoms with Gasteiger partial charge in [-0.1, -0.05) is 31.5 Å². The summed E-state index contributed by atoms with van der Waals surface area (Å²) in [5.74, 6) is 2.77. The van der Waals surface area contributed by atoms with E-state index in [1.807, 2.05) is 29.2 Å². The molecule has 2 aliphatic carbocycles. The first-order valence-electron chi connectivity index (χ1n) is 12.1. The minimum absolute atomic E-state index is 0.0158. The molecular weight excluding hydrogens is 388 g/mol. The summed E-state index contributed by atoms with van der Waals surface area (Å²) < 4.78 is 0. The number of para-hydroxylation sites is 1. The predicted molar refractivity (Wildman–Crippen MR) is 124 cm³/mol. The van der Waals surface area contributed by atoms with Crippen LogP contribution >= 0.6 is 0 Å². The first-order chi connectivity index (χ1) is 15.0. The Morgan fingerprint density at radius 1 is 1.10 bits per heavy atom. The Bertz CT molecular complexity index is 775. The fourth-order valence-electron chi connectivity index (χ4n) is 5.92. The minimum atomic E-state index is 0.0158. The minimum Gasteiger partial charge on any atom is -0.339 e. The Kier molecular flexibility index (Phi) is 7.28. The summed E-state index contributed by atoms with van der Waals surface area (Å²) in [6.45, 7) is 8.04. The molecule has 1 heterocycles. The summed E-state index contributed by atoms with van der Waals surface area (Å²) in [4.78, 5) is 29.2. The maximum atomic E-state index is 12.7. The van der Waals surface area contributed by atoms with Crippen LogP contribution in [0.5, 0.6) is 0 Å². The molecule has 1 aromatic carbocycles. The van der Waals surface area contributed by atoms with Crippen LogP contribution in [0.4, 0.5) is 5.69 Å². The number of hydrogen-bond acceptors (Lipinski definition) is 4. The SMILES string of the molecule is CCc1ccccc1NC(=O)CN1CCN(C(=O)CNC(C)C2CC3CCC2C3)CC1. The molecule has 3 fully saturated rings. The normalized spacial score (nSPS) is 26.8. The van der Waals surface area contributed by atoms with E-state index in [1.165, 1.54) is 25.7 Å². The zero-order chi connectivity index (χ0) is 21.8. The molecule has 4 rings (SSSR count). The molecule has 6 nitrogen and oxygen atoms in total. The highest BCUT2D eigenvalue weighted by molar-refractivity contribution is 5.93. The topological polar surface area (TPSA) is 64.7 Å². The number of amides is 2. The monoisotopic (exact) mass is 426 g/mol. The third-order valence-corrected chi connectivity index (χ3v) is 7.77. The lowest BCUT2D eigenvalue weighted by atomic mass is 9.84. The van der Waals surface area contributed by atoms with Gasteiger partial charge in [0.2, 0.25) is 11.8 Å². The van der Waals surface area contributed by atoms with Crippen molar-refractivity contribution in [3.63, 3.8) is 0 Å². The van der Waals surface area contributed by atoms with E-state index < -0.39 is 0 Å². The first-order valence-corrected chi connectivity index (χ1v) is 12.1. The first kappa shape index (κ1) is 22.3. The van der Waals surface area contributed by atoms with Gasteiger partial charge in [0.05, 0.1) is 13.1 Å². The molecule has 31 heavy (non-hydrogen) atoms. The van der Waals surface area contributed by atoms with Gasteiger partial charge in [0.15, 0.2) is 0 Å². The molecule has 6 heteroatoms. The molecule has 170 valence electrons. The summed E-state index contributed by atoms with van der Waals surface area (Å²) in [5, 5.41) is 6.56. The highest BCUT2D eigenvalue weighted by Gasteiger charge is 2.41. The fourth-order valence-corrected chi connectivity index (χ4v) is 5.92. The molecular formula is C25H38N4O2. The highest BCUT2D eigenvalue weighted by Crippen LogP contribution is 2.49. The van der Waals surface area contributed by atoms with Crippen LogP contribution in [0, 0.1) is 17.8 Å². The van der Waals surface area contributed by atoms with Crippen molar-refractivity contribution in [2.24, 2.45) is 17.8 Å². The second kappa shape index (κ2) is 10.1. The Labute approximate surface area is 186 Å². The summed E-state index contributed by atoms with van der Waals surface area (Å²) in [6, 6.07) is 8.38. The number of rotatable bonds is 8. The average molecular weight is 427 g/mol. The lowest BCUT2D eigenvalue weighted by molar-refractivity contribution is -0.132. The van der Waals surface area contributed by atoms with Crippen LogP contribution in [0.3, 0.4) is 0 Å². The van der Waals surface area contributed by atoms with Crippen molar-refractivity contribution < 1.29 is 9.59 Å². The van der Waals surface area contributed by atoms with Gasteiger partial charge in [0.1, 0.15) is 0 Å². The van der Waals surface area contributed by atoms with Crippen molar-refractivity contribution in [2.75, 3.05) is 44.6 Å². The molecule has 0 radical (unpaired) electrons. The third-order valence-electron chi connectivity index (χ3n) is 7.77. The maximum Gasteiger partial charge on any atom is 0.238 e. The van der Waals surface area contributed by atoms with Crippen LogP contribution in [0.2, 0.25) is 0 Å². The Morgan fingerprint density at radius 2 is 1.87 bits per heavy atom. The van der Waals surface area contributed by atoms with E-state index in [2.05, 4.69) is 29.4 Å². The molecule has 3 aliphatic rings. The zero-order valence-electron chi connectivity index (χ0n) is 19.1. The molecule has 0 spiro atoms. The second-order valence-electron chi connectivity index (χ2n) is 9.72. The average Bonchev–Trinajstić information content (AvgIpc) is 3.42. The smallest absolute Gasteiger partial charge is 0.238 e. The van der Waals surface area contributed by atoms with E-state index in [-0.39, 0.29) is 11.8 Å². The van der Waals surface area contributed by atoms with E-state index >= 15 is 0 Å². The van der Waals surface area contributed by atoms with Crippen LogP contribution in [0.15, 0.2) is 24.3 Å². The molecule has 2 N–H and O–H groups in total. The second-order valence-corrected chi connectivity index (χ2v) is 9.72. The van der Waals surface area contributed by atoms with Crippen LogP contribution < -0.4 is 10.6 Å². The van der Waals surface area contributed by atoms with Crippen LogP contribution in [-0.4, -0.2) is 66.9 Å².